The molecule has 0 radical (unpaired) electrons. The fourth-order valence-corrected chi connectivity index (χ4v) is 2.00. The monoisotopic (exact) mass is 263 g/mol. The zero-order valence-electron chi connectivity index (χ0n) is 12.0. The van der Waals surface area contributed by atoms with Crippen LogP contribution in [0.1, 0.15) is 29.6 Å². The third kappa shape index (κ3) is 2.98. The van der Waals surface area contributed by atoms with Crippen LogP contribution in [0.5, 0.6) is 5.75 Å². The second-order valence-corrected chi connectivity index (χ2v) is 4.56. The van der Waals surface area contributed by atoms with Crippen molar-refractivity contribution in [3.8, 4) is 5.75 Å². The van der Waals surface area contributed by atoms with Gasteiger partial charge in [0.05, 0.1) is 18.5 Å². The lowest BCUT2D eigenvalue weighted by atomic mass is 10.2. The van der Waals surface area contributed by atoms with Crippen LogP contribution in [-0.2, 0) is 20.2 Å². The maximum absolute atomic E-state index is 5.88. The highest BCUT2D eigenvalue weighted by Gasteiger charge is 2.12. The molecule has 19 heavy (non-hydrogen) atoms. The van der Waals surface area contributed by atoms with E-state index in [2.05, 4.69) is 17.3 Å². The maximum atomic E-state index is 5.88. The van der Waals surface area contributed by atoms with Crippen molar-refractivity contribution in [3.63, 3.8) is 0 Å². The molecular weight excluding hydrogens is 242 g/mol. The Morgan fingerprint density at radius 1 is 1.42 bits per heavy atom. The highest BCUT2D eigenvalue weighted by molar-refractivity contribution is 5.32. The molecule has 0 fully saturated rings. The van der Waals surface area contributed by atoms with Crippen LogP contribution < -0.4 is 10.1 Å². The van der Waals surface area contributed by atoms with Gasteiger partial charge < -0.3 is 14.5 Å². The van der Waals surface area contributed by atoms with E-state index in [0.717, 1.165) is 41.6 Å². The highest BCUT2D eigenvalue weighted by Crippen LogP contribution is 2.23. The van der Waals surface area contributed by atoms with E-state index in [0.29, 0.717) is 6.61 Å². The summed E-state index contributed by atoms with van der Waals surface area (Å²) in [4.78, 5) is 0. The molecule has 0 aliphatic heterocycles. The van der Waals surface area contributed by atoms with E-state index in [9.17, 15) is 0 Å². The molecule has 0 atom stereocenters. The first-order chi connectivity index (χ1) is 9.13. The van der Waals surface area contributed by atoms with Crippen LogP contribution in [-0.4, -0.2) is 16.3 Å². The molecule has 0 aromatic carbocycles. The SMILES string of the molecule is CCNCc1occc1COc1c(C)nn(C)c1C. The first-order valence-electron chi connectivity index (χ1n) is 6.52. The highest BCUT2D eigenvalue weighted by atomic mass is 16.5. The van der Waals surface area contributed by atoms with Gasteiger partial charge in [0.2, 0.25) is 0 Å². The van der Waals surface area contributed by atoms with Gasteiger partial charge in [-0.05, 0) is 26.5 Å². The third-order valence-corrected chi connectivity index (χ3v) is 3.19. The topological polar surface area (TPSA) is 52.2 Å². The Balaban J connectivity index is 2.04. The summed E-state index contributed by atoms with van der Waals surface area (Å²) in [6.07, 6.45) is 1.70. The Hall–Kier alpha value is -1.75. The summed E-state index contributed by atoms with van der Waals surface area (Å²) in [7, 11) is 1.92. The van der Waals surface area contributed by atoms with Gasteiger partial charge in [0, 0.05) is 12.6 Å². The van der Waals surface area contributed by atoms with Gasteiger partial charge in [-0.1, -0.05) is 6.92 Å². The Morgan fingerprint density at radius 3 is 2.84 bits per heavy atom. The molecule has 0 spiro atoms. The molecule has 0 bridgehead atoms. The molecule has 0 saturated carbocycles. The van der Waals surface area contributed by atoms with E-state index < -0.39 is 0 Å². The summed E-state index contributed by atoms with van der Waals surface area (Å²) < 4.78 is 13.2. The van der Waals surface area contributed by atoms with Gasteiger partial charge in [0.25, 0.3) is 0 Å². The Kier molecular flexibility index (Phi) is 4.27. The molecule has 2 rings (SSSR count). The number of nitrogens with one attached hydrogen (secondary N) is 1. The third-order valence-electron chi connectivity index (χ3n) is 3.19. The molecule has 5 nitrogen and oxygen atoms in total. The average Bonchev–Trinajstić information content (AvgIpc) is 2.92. The minimum Gasteiger partial charge on any atom is -0.485 e. The average molecular weight is 263 g/mol. The zero-order valence-corrected chi connectivity index (χ0v) is 12.0. The molecule has 2 aromatic heterocycles. The van der Waals surface area contributed by atoms with Gasteiger partial charge in [-0.3, -0.25) is 4.68 Å². The molecule has 104 valence electrons. The van der Waals surface area contributed by atoms with E-state index in [1.54, 1.807) is 6.26 Å². The second-order valence-electron chi connectivity index (χ2n) is 4.56. The molecule has 1 N–H and O–H groups in total. The number of nitrogens with zero attached hydrogens (tertiary/aromatic N) is 2. The lowest BCUT2D eigenvalue weighted by molar-refractivity contribution is 0.297. The predicted octanol–water partition coefficient (Wildman–Crippen LogP) is 2.32. The van der Waals surface area contributed by atoms with Crippen LogP contribution in [0.15, 0.2) is 16.7 Å². The van der Waals surface area contributed by atoms with Crippen LogP contribution in [0, 0.1) is 13.8 Å². The van der Waals surface area contributed by atoms with Crippen LogP contribution in [0.3, 0.4) is 0 Å². The smallest absolute Gasteiger partial charge is 0.163 e. The van der Waals surface area contributed by atoms with E-state index in [4.69, 9.17) is 9.15 Å². The molecule has 0 aliphatic carbocycles. The number of furan rings is 1. The summed E-state index contributed by atoms with van der Waals surface area (Å²) in [5.41, 5.74) is 3.02. The molecule has 0 amide bonds. The summed E-state index contributed by atoms with van der Waals surface area (Å²) in [6.45, 7) is 8.18. The molecule has 0 saturated heterocycles. The van der Waals surface area contributed by atoms with Crippen LogP contribution >= 0.6 is 0 Å². The quantitative estimate of drug-likeness (QED) is 0.869. The number of hydrogen-bond donors (Lipinski definition) is 1. The number of rotatable bonds is 6. The van der Waals surface area contributed by atoms with Gasteiger partial charge in [-0.15, -0.1) is 0 Å². The molecule has 5 heteroatoms. The van der Waals surface area contributed by atoms with Crippen molar-refractivity contribution in [1.29, 1.82) is 0 Å². The summed E-state index contributed by atoms with van der Waals surface area (Å²) in [5, 5.41) is 7.59. The Bertz CT molecular complexity index is 543. The van der Waals surface area contributed by atoms with Gasteiger partial charge in [-0.25, -0.2) is 0 Å². The van der Waals surface area contributed by atoms with Crippen molar-refractivity contribution in [1.82, 2.24) is 15.1 Å². The fraction of sp³-hybridized carbons (Fsp3) is 0.500. The molecule has 2 heterocycles. The predicted molar refractivity (Wildman–Crippen MR) is 73.1 cm³/mol. The van der Waals surface area contributed by atoms with Crippen LogP contribution in [0.25, 0.3) is 0 Å². The maximum Gasteiger partial charge on any atom is 0.163 e. The van der Waals surface area contributed by atoms with Crippen molar-refractivity contribution in [3.05, 3.63) is 35.0 Å². The molecule has 0 unspecified atom stereocenters. The minimum atomic E-state index is 0.505. The first-order valence-corrected chi connectivity index (χ1v) is 6.52. The second kappa shape index (κ2) is 5.93. The van der Waals surface area contributed by atoms with Gasteiger partial charge in [0.15, 0.2) is 5.75 Å². The van der Waals surface area contributed by atoms with E-state index in [-0.39, 0.29) is 0 Å². The molecule has 2 aromatic rings. The number of aryl methyl sites for hydroxylation is 2. The lowest BCUT2D eigenvalue weighted by Crippen LogP contribution is -2.12. The van der Waals surface area contributed by atoms with E-state index >= 15 is 0 Å². The molecular formula is C14H21N3O2. The van der Waals surface area contributed by atoms with Crippen molar-refractivity contribution in [2.24, 2.45) is 7.05 Å². The standard InChI is InChI=1S/C14H21N3O2/c1-5-15-8-13-12(6-7-18-13)9-19-14-10(2)16-17(4)11(14)3/h6-7,15H,5,8-9H2,1-4H3. The largest absolute Gasteiger partial charge is 0.485 e. The normalized spacial score (nSPS) is 10.9. The van der Waals surface area contributed by atoms with Crippen molar-refractivity contribution in [2.75, 3.05) is 6.54 Å². The number of hydrogen-bond acceptors (Lipinski definition) is 4. The zero-order chi connectivity index (χ0) is 13.8. The number of aromatic nitrogens is 2. The van der Waals surface area contributed by atoms with Crippen molar-refractivity contribution in [2.45, 2.75) is 33.9 Å². The first kappa shape index (κ1) is 13.7. The van der Waals surface area contributed by atoms with Crippen LogP contribution in [0.2, 0.25) is 0 Å². The summed E-state index contributed by atoms with van der Waals surface area (Å²) in [6, 6.07) is 1.95. The molecule has 0 aliphatic rings. The van der Waals surface area contributed by atoms with Crippen molar-refractivity contribution >= 4 is 0 Å². The summed E-state index contributed by atoms with van der Waals surface area (Å²) in [5.74, 6) is 1.79. The van der Waals surface area contributed by atoms with Gasteiger partial charge in [0.1, 0.15) is 18.1 Å². The Labute approximate surface area is 113 Å². The van der Waals surface area contributed by atoms with Gasteiger partial charge >= 0.3 is 0 Å². The Morgan fingerprint density at radius 2 is 2.21 bits per heavy atom. The van der Waals surface area contributed by atoms with E-state index in [1.807, 2.05) is 31.6 Å². The summed E-state index contributed by atoms with van der Waals surface area (Å²) >= 11 is 0. The lowest BCUT2D eigenvalue weighted by Gasteiger charge is -2.07. The van der Waals surface area contributed by atoms with E-state index in [1.165, 1.54) is 0 Å². The van der Waals surface area contributed by atoms with Crippen LogP contribution in [0.4, 0.5) is 0 Å². The number of ether oxygens (including phenoxy) is 1. The van der Waals surface area contributed by atoms with Crippen molar-refractivity contribution < 1.29 is 9.15 Å². The fourth-order valence-electron chi connectivity index (χ4n) is 2.00. The minimum absolute atomic E-state index is 0.505. The van der Waals surface area contributed by atoms with Gasteiger partial charge in [-0.2, -0.15) is 5.10 Å².